The Bertz CT molecular complexity index is 213. The van der Waals surface area contributed by atoms with Crippen molar-refractivity contribution in [3.63, 3.8) is 0 Å². The average molecular weight is 166 g/mol. The monoisotopic (exact) mass is 166 g/mol. The molecule has 0 saturated heterocycles. The zero-order valence-corrected chi connectivity index (χ0v) is 7.12. The van der Waals surface area contributed by atoms with Crippen LogP contribution in [0.15, 0.2) is 30.3 Å². The van der Waals surface area contributed by atoms with Crippen molar-refractivity contribution < 1.29 is 5.11 Å². The van der Waals surface area contributed by atoms with E-state index in [9.17, 15) is 0 Å². The van der Waals surface area contributed by atoms with Gasteiger partial charge in [-0.2, -0.15) is 0 Å². The molecule has 0 aliphatic carbocycles. The highest BCUT2D eigenvalue weighted by atomic mass is 16.3. The lowest BCUT2D eigenvalue weighted by atomic mass is 10.1. The molecule has 1 unspecified atom stereocenters. The maximum absolute atomic E-state index is 9.01. The van der Waals surface area contributed by atoms with E-state index >= 15 is 0 Å². The molecule has 0 aliphatic rings. The van der Waals surface area contributed by atoms with Crippen molar-refractivity contribution in [2.75, 3.05) is 13.7 Å². The van der Waals surface area contributed by atoms with Crippen molar-refractivity contribution in [1.29, 1.82) is 0 Å². The van der Waals surface area contributed by atoms with Gasteiger partial charge in [0.1, 0.15) is 0 Å². The summed E-state index contributed by atoms with van der Waals surface area (Å²) < 4.78 is 0. The number of benzene rings is 1. The molecule has 0 spiro atoms. The molecule has 0 amide bonds. The van der Waals surface area contributed by atoms with Gasteiger partial charge in [-0.1, -0.05) is 30.3 Å². The minimum Gasteiger partial charge on any atom is -0.394 e. The fourth-order valence-electron chi connectivity index (χ4n) is 1.09. The third-order valence-corrected chi connectivity index (χ3v) is 1.70. The van der Waals surface area contributed by atoms with Crippen LogP contribution in [0.5, 0.6) is 0 Å². The highest BCUT2D eigenvalue weighted by molar-refractivity contribution is 5.18. The molecule has 3 N–H and O–H groups in total. The number of rotatable bonds is 4. The molecule has 1 aromatic rings. The normalized spacial score (nSPS) is 12.8. The Hall–Kier alpha value is -0.900. The maximum atomic E-state index is 9.01. The van der Waals surface area contributed by atoms with Gasteiger partial charge in [-0.05, 0) is 12.6 Å². The molecule has 66 valence electrons. The Labute approximate surface area is 72.4 Å². The lowest BCUT2D eigenvalue weighted by molar-refractivity contribution is 0.235. The third-order valence-electron chi connectivity index (χ3n) is 1.70. The summed E-state index contributed by atoms with van der Waals surface area (Å²) in [5, 5.41) is 9.01. The lowest BCUT2D eigenvalue weighted by Gasteiger charge is -2.15. The van der Waals surface area contributed by atoms with Crippen molar-refractivity contribution in [2.24, 2.45) is 0 Å². The lowest BCUT2D eigenvalue weighted by Crippen LogP contribution is -2.34. The second-order valence-corrected chi connectivity index (χ2v) is 2.54. The van der Waals surface area contributed by atoms with Crippen molar-refractivity contribution in [3.8, 4) is 0 Å². The quantitative estimate of drug-likeness (QED) is 0.569. The molecule has 0 bridgehead atoms. The third kappa shape index (κ3) is 2.30. The van der Waals surface area contributed by atoms with Crippen LogP contribution in [0.1, 0.15) is 11.6 Å². The summed E-state index contributed by atoms with van der Waals surface area (Å²) in [7, 11) is 1.78. The van der Waals surface area contributed by atoms with Crippen LogP contribution in [0.2, 0.25) is 0 Å². The summed E-state index contributed by atoms with van der Waals surface area (Å²) in [6, 6.07) is 9.79. The van der Waals surface area contributed by atoms with E-state index in [-0.39, 0.29) is 12.6 Å². The van der Waals surface area contributed by atoms with Crippen LogP contribution in [0, 0.1) is 0 Å². The Morgan fingerprint density at radius 1 is 1.33 bits per heavy atom. The van der Waals surface area contributed by atoms with E-state index in [2.05, 4.69) is 10.9 Å². The van der Waals surface area contributed by atoms with E-state index in [1.165, 1.54) is 0 Å². The predicted octanol–water partition coefficient (Wildman–Crippen LogP) is 0.444. The zero-order valence-electron chi connectivity index (χ0n) is 7.12. The number of aliphatic hydroxyl groups is 1. The summed E-state index contributed by atoms with van der Waals surface area (Å²) in [6.45, 7) is 0.0881. The topological polar surface area (TPSA) is 44.3 Å². The van der Waals surface area contributed by atoms with Gasteiger partial charge in [-0.25, -0.2) is 5.43 Å². The minimum absolute atomic E-state index is 0.0313. The molecule has 1 atom stereocenters. The van der Waals surface area contributed by atoms with Crippen LogP contribution >= 0.6 is 0 Å². The van der Waals surface area contributed by atoms with E-state index < -0.39 is 0 Å². The van der Waals surface area contributed by atoms with Gasteiger partial charge in [0.15, 0.2) is 0 Å². The van der Waals surface area contributed by atoms with Crippen LogP contribution < -0.4 is 10.9 Å². The smallest absolute Gasteiger partial charge is 0.0693 e. The summed E-state index contributed by atoms with van der Waals surface area (Å²) >= 11 is 0. The fraction of sp³-hybridized carbons (Fsp3) is 0.333. The summed E-state index contributed by atoms with van der Waals surface area (Å²) in [5.74, 6) is 0. The first kappa shape index (κ1) is 9.19. The van der Waals surface area contributed by atoms with Crippen molar-refractivity contribution in [2.45, 2.75) is 6.04 Å². The highest BCUT2D eigenvalue weighted by Gasteiger charge is 2.06. The number of hydrogen-bond donors (Lipinski definition) is 3. The van der Waals surface area contributed by atoms with Crippen LogP contribution in [-0.2, 0) is 0 Å². The van der Waals surface area contributed by atoms with Gasteiger partial charge in [-0.3, -0.25) is 5.43 Å². The average Bonchev–Trinajstić information content (AvgIpc) is 2.15. The molecule has 0 radical (unpaired) electrons. The maximum Gasteiger partial charge on any atom is 0.0693 e. The van der Waals surface area contributed by atoms with Gasteiger partial charge in [-0.15, -0.1) is 0 Å². The largest absolute Gasteiger partial charge is 0.394 e. The van der Waals surface area contributed by atoms with E-state index in [1.54, 1.807) is 7.05 Å². The Morgan fingerprint density at radius 3 is 2.50 bits per heavy atom. The van der Waals surface area contributed by atoms with Crippen LogP contribution in [0.25, 0.3) is 0 Å². The molecule has 0 aromatic heterocycles. The van der Waals surface area contributed by atoms with Gasteiger partial charge >= 0.3 is 0 Å². The van der Waals surface area contributed by atoms with E-state index in [0.717, 1.165) is 5.56 Å². The minimum atomic E-state index is -0.0313. The SMILES string of the molecule is CNNC(CO)c1ccccc1. The summed E-state index contributed by atoms with van der Waals surface area (Å²) in [5.41, 5.74) is 6.83. The molecule has 3 nitrogen and oxygen atoms in total. The number of hydrogen-bond acceptors (Lipinski definition) is 3. The molecule has 1 rings (SSSR count). The second kappa shape index (κ2) is 4.87. The van der Waals surface area contributed by atoms with E-state index in [4.69, 9.17) is 5.11 Å². The fourth-order valence-corrected chi connectivity index (χ4v) is 1.09. The summed E-state index contributed by atoms with van der Waals surface area (Å²) in [4.78, 5) is 0. The highest BCUT2D eigenvalue weighted by Crippen LogP contribution is 2.09. The van der Waals surface area contributed by atoms with Crippen molar-refractivity contribution in [3.05, 3.63) is 35.9 Å². The Morgan fingerprint density at radius 2 is 2.00 bits per heavy atom. The van der Waals surface area contributed by atoms with Crippen LogP contribution in [-0.4, -0.2) is 18.8 Å². The first-order chi connectivity index (χ1) is 5.88. The van der Waals surface area contributed by atoms with Crippen LogP contribution in [0.4, 0.5) is 0 Å². The van der Waals surface area contributed by atoms with Crippen molar-refractivity contribution >= 4 is 0 Å². The Balaban J connectivity index is 2.66. The number of nitrogens with one attached hydrogen (secondary N) is 2. The molecule has 1 aromatic carbocycles. The predicted molar refractivity (Wildman–Crippen MR) is 48.5 cm³/mol. The number of aliphatic hydroxyl groups excluding tert-OH is 1. The first-order valence-corrected chi connectivity index (χ1v) is 3.96. The molecule has 3 heteroatoms. The molecule has 12 heavy (non-hydrogen) atoms. The molecule has 0 saturated carbocycles. The van der Waals surface area contributed by atoms with Gasteiger partial charge in [0, 0.05) is 0 Å². The molecular formula is C9H14N2O. The molecule has 0 aliphatic heterocycles. The standard InChI is InChI=1S/C9H14N2O/c1-10-11-9(7-12)8-5-3-2-4-6-8/h2-6,9-12H,7H2,1H3. The molecule has 0 fully saturated rings. The molecule has 0 heterocycles. The van der Waals surface area contributed by atoms with E-state index in [1.807, 2.05) is 30.3 Å². The second-order valence-electron chi connectivity index (χ2n) is 2.54. The van der Waals surface area contributed by atoms with Gasteiger partial charge in [0.05, 0.1) is 12.6 Å². The Kier molecular flexibility index (Phi) is 3.73. The zero-order chi connectivity index (χ0) is 8.81. The first-order valence-electron chi connectivity index (χ1n) is 3.96. The summed E-state index contributed by atoms with van der Waals surface area (Å²) in [6.07, 6.45) is 0. The number of hydrazine groups is 1. The van der Waals surface area contributed by atoms with E-state index in [0.29, 0.717) is 0 Å². The van der Waals surface area contributed by atoms with Gasteiger partial charge in [0.25, 0.3) is 0 Å². The van der Waals surface area contributed by atoms with Crippen molar-refractivity contribution in [1.82, 2.24) is 10.9 Å². The van der Waals surface area contributed by atoms with Gasteiger partial charge in [0.2, 0.25) is 0 Å². The van der Waals surface area contributed by atoms with Crippen LogP contribution in [0.3, 0.4) is 0 Å². The van der Waals surface area contributed by atoms with Gasteiger partial charge < -0.3 is 5.11 Å². The molecular weight excluding hydrogens is 152 g/mol.